The molecule has 2 aromatic carbocycles. The zero-order valence-corrected chi connectivity index (χ0v) is 24.4. The van der Waals surface area contributed by atoms with Gasteiger partial charge < -0.3 is 34.2 Å². The van der Waals surface area contributed by atoms with E-state index in [2.05, 4.69) is 70.7 Å². The quantitative estimate of drug-likeness (QED) is 0.0972. The Kier molecular flexibility index (Phi) is 14.8. The van der Waals surface area contributed by atoms with Crippen molar-refractivity contribution in [1.29, 1.82) is 0 Å². The number of aromatic nitrogens is 1. The van der Waals surface area contributed by atoms with Gasteiger partial charge in [-0.15, -0.1) is 0 Å². The Morgan fingerprint density at radius 2 is 1.45 bits per heavy atom. The van der Waals surface area contributed by atoms with Crippen molar-refractivity contribution in [2.24, 2.45) is 5.16 Å². The lowest BCUT2D eigenvalue weighted by Crippen LogP contribution is -2.39. The highest BCUT2D eigenvalue weighted by molar-refractivity contribution is 5.78. The summed E-state index contributed by atoms with van der Waals surface area (Å²) in [5.41, 5.74) is 3.26. The van der Waals surface area contributed by atoms with Crippen LogP contribution in [0.3, 0.4) is 0 Å². The molecule has 0 saturated carbocycles. The van der Waals surface area contributed by atoms with Gasteiger partial charge in [0.25, 0.3) is 0 Å². The molecule has 1 N–H and O–H groups in total. The number of halogens is 3. The van der Waals surface area contributed by atoms with Crippen molar-refractivity contribution in [1.82, 2.24) is 4.90 Å². The van der Waals surface area contributed by atoms with Crippen molar-refractivity contribution < 1.29 is 47.1 Å². The average molecular weight is 618 g/mol. The molecule has 2 heterocycles. The van der Waals surface area contributed by atoms with E-state index in [1.807, 2.05) is 29.1 Å². The maximum Gasteiger partial charge on any atom is 0.430 e. The van der Waals surface area contributed by atoms with Crippen LogP contribution in [0.1, 0.15) is 35.6 Å². The van der Waals surface area contributed by atoms with Gasteiger partial charge in [-0.05, 0) is 24.0 Å². The molecule has 0 radical (unpaired) electrons. The van der Waals surface area contributed by atoms with Crippen LogP contribution >= 0.6 is 0 Å². The van der Waals surface area contributed by atoms with Crippen molar-refractivity contribution in [3.05, 3.63) is 102 Å². The molecule has 0 amide bonds. The smallest absolute Gasteiger partial charge is 0.430 e. The molecular formula is C32H38F3N3O6. The number of benzene rings is 2. The fourth-order valence-electron chi connectivity index (χ4n) is 4.52. The first kappa shape index (κ1) is 34.6. The SMILES string of the molecule is O/N=C/c1cc[n+](CCOCCOCCN2CCC(OC(c3ccccc3)c3ccccc3)CC2)cc1.O=C([O-])C(F)(F)F. The third-order valence-electron chi connectivity index (χ3n) is 6.84. The standard InChI is InChI=1S/C30H37N3O4.C2HF3O2/c34-31-25-26-11-15-32(16-12-26)19-21-35-23-24-36-22-20-33-17-13-29(14-18-33)37-30(27-7-3-1-4-8-27)28-9-5-2-6-10-28;3-2(4,5)1(6)7/h1-12,15-16,25,29-30H,13-14,17-24H2;(H,6,7). The van der Waals surface area contributed by atoms with Crippen LogP contribution in [-0.4, -0.2) is 80.6 Å². The number of carboxylic acids is 1. The number of alkyl halides is 3. The van der Waals surface area contributed by atoms with Gasteiger partial charge in [-0.25, -0.2) is 4.57 Å². The summed E-state index contributed by atoms with van der Waals surface area (Å²) in [6, 6.07) is 24.8. The lowest BCUT2D eigenvalue weighted by atomic mass is 10.00. The molecule has 3 aromatic rings. The van der Waals surface area contributed by atoms with E-state index in [1.165, 1.54) is 17.3 Å². The van der Waals surface area contributed by atoms with Crippen molar-refractivity contribution in [2.75, 3.05) is 46.1 Å². The number of hydrogen-bond acceptors (Lipinski definition) is 8. The van der Waals surface area contributed by atoms with Gasteiger partial charge in [0.15, 0.2) is 18.9 Å². The number of likely N-dealkylation sites (tertiary alicyclic amines) is 1. The number of carbonyl (C=O) groups excluding carboxylic acids is 1. The normalized spacial score (nSPS) is 14.5. The molecule has 44 heavy (non-hydrogen) atoms. The molecule has 9 nitrogen and oxygen atoms in total. The van der Waals surface area contributed by atoms with Gasteiger partial charge in [0.05, 0.1) is 32.1 Å². The highest BCUT2D eigenvalue weighted by atomic mass is 19.4. The van der Waals surface area contributed by atoms with E-state index >= 15 is 0 Å². The minimum Gasteiger partial charge on any atom is -0.542 e. The number of oxime groups is 1. The Bertz CT molecular complexity index is 1200. The summed E-state index contributed by atoms with van der Waals surface area (Å²) in [5, 5.41) is 20.4. The van der Waals surface area contributed by atoms with Crippen LogP contribution in [-0.2, 0) is 25.5 Å². The van der Waals surface area contributed by atoms with E-state index in [9.17, 15) is 13.2 Å². The lowest BCUT2D eigenvalue weighted by Gasteiger charge is -2.34. The molecule has 0 aliphatic carbocycles. The fourth-order valence-corrected chi connectivity index (χ4v) is 4.52. The predicted molar refractivity (Wildman–Crippen MR) is 154 cm³/mol. The first-order valence-electron chi connectivity index (χ1n) is 14.3. The van der Waals surface area contributed by atoms with Gasteiger partial charge in [-0.3, -0.25) is 0 Å². The van der Waals surface area contributed by atoms with Crippen LogP contribution in [0, 0.1) is 0 Å². The average Bonchev–Trinajstić information content (AvgIpc) is 3.03. The van der Waals surface area contributed by atoms with Gasteiger partial charge in [-0.1, -0.05) is 65.8 Å². The lowest BCUT2D eigenvalue weighted by molar-refractivity contribution is -0.698. The van der Waals surface area contributed by atoms with Gasteiger partial charge in [0.1, 0.15) is 18.7 Å². The molecule has 0 unspecified atom stereocenters. The summed E-state index contributed by atoms with van der Waals surface area (Å²) in [4.78, 5) is 11.2. The van der Waals surface area contributed by atoms with Crippen LogP contribution < -0.4 is 9.67 Å². The van der Waals surface area contributed by atoms with E-state index in [-0.39, 0.29) is 12.2 Å². The molecule has 1 aliphatic rings. The van der Waals surface area contributed by atoms with Crippen LogP contribution in [0.4, 0.5) is 13.2 Å². The van der Waals surface area contributed by atoms with Crippen molar-refractivity contribution >= 4 is 12.2 Å². The molecule has 1 aromatic heterocycles. The Morgan fingerprint density at radius 1 is 0.932 bits per heavy atom. The minimum atomic E-state index is -5.19. The zero-order valence-electron chi connectivity index (χ0n) is 24.4. The van der Waals surface area contributed by atoms with Crippen LogP contribution in [0.25, 0.3) is 0 Å². The molecule has 1 fully saturated rings. The number of carboxylic acid groups (broad SMARTS) is 1. The first-order valence-corrected chi connectivity index (χ1v) is 14.3. The Hall–Kier alpha value is -3.84. The number of piperidine rings is 1. The van der Waals surface area contributed by atoms with Gasteiger partial charge in [0.2, 0.25) is 0 Å². The molecule has 0 bridgehead atoms. The fraction of sp³-hybridized carbons (Fsp3) is 0.406. The van der Waals surface area contributed by atoms with Crippen LogP contribution in [0.2, 0.25) is 0 Å². The summed E-state index contributed by atoms with van der Waals surface area (Å²) in [6.45, 7) is 6.30. The summed E-state index contributed by atoms with van der Waals surface area (Å²) in [5.74, 6) is -3.01. The number of pyridine rings is 1. The van der Waals surface area contributed by atoms with Gasteiger partial charge >= 0.3 is 6.18 Å². The largest absolute Gasteiger partial charge is 0.542 e. The number of carbonyl (C=O) groups is 1. The summed E-state index contributed by atoms with van der Waals surface area (Å²) in [6.07, 6.45) is 2.38. The molecule has 0 atom stereocenters. The summed E-state index contributed by atoms with van der Waals surface area (Å²) < 4.78 is 51.7. The minimum absolute atomic E-state index is 0.0271. The second kappa shape index (κ2) is 18.7. The van der Waals surface area contributed by atoms with E-state index in [1.54, 1.807) is 0 Å². The molecular weight excluding hydrogens is 579 g/mol. The summed E-state index contributed by atoms with van der Waals surface area (Å²) in [7, 11) is 0. The maximum atomic E-state index is 10.5. The Morgan fingerprint density at radius 3 is 1.95 bits per heavy atom. The second-order valence-corrected chi connectivity index (χ2v) is 10.0. The molecule has 1 saturated heterocycles. The molecule has 238 valence electrons. The maximum absolute atomic E-state index is 10.5. The molecule has 4 rings (SSSR count). The monoisotopic (exact) mass is 617 g/mol. The van der Waals surface area contributed by atoms with Crippen LogP contribution in [0.15, 0.2) is 90.3 Å². The van der Waals surface area contributed by atoms with Gasteiger partial charge in [-0.2, -0.15) is 13.2 Å². The predicted octanol–water partition coefficient (Wildman–Crippen LogP) is 3.38. The summed E-state index contributed by atoms with van der Waals surface area (Å²) >= 11 is 0. The number of aliphatic carboxylic acids is 1. The number of nitrogens with zero attached hydrogens (tertiary/aromatic N) is 3. The topological polar surface area (TPSA) is 108 Å². The van der Waals surface area contributed by atoms with Crippen LogP contribution in [0.5, 0.6) is 0 Å². The number of hydrogen-bond donors (Lipinski definition) is 1. The zero-order chi connectivity index (χ0) is 31.6. The highest BCUT2D eigenvalue weighted by Crippen LogP contribution is 2.29. The second-order valence-electron chi connectivity index (χ2n) is 10.0. The van der Waals surface area contributed by atoms with E-state index in [0.717, 1.165) is 44.6 Å². The Balaban J connectivity index is 0.000000676. The molecule has 12 heteroatoms. The highest BCUT2D eigenvalue weighted by Gasteiger charge is 2.29. The van der Waals surface area contributed by atoms with E-state index in [0.29, 0.717) is 26.4 Å². The van der Waals surface area contributed by atoms with Crippen molar-refractivity contribution in [2.45, 2.75) is 37.8 Å². The first-order chi connectivity index (χ1) is 21.3. The number of ether oxygens (including phenoxy) is 3. The van der Waals surface area contributed by atoms with Crippen molar-refractivity contribution in [3.63, 3.8) is 0 Å². The van der Waals surface area contributed by atoms with E-state index < -0.39 is 12.1 Å². The number of rotatable bonds is 14. The molecule has 0 spiro atoms. The van der Waals surface area contributed by atoms with Gasteiger partial charge in [0, 0.05) is 37.3 Å². The Labute approximate surface area is 255 Å². The third kappa shape index (κ3) is 12.8. The van der Waals surface area contributed by atoms with E-state index in [4.69, 9.17) is 29.3 Å². The molecule has 1 aliphatic heterocycles. The third-order valence-corrected chi connectivity index (χ3v) is 6.84. The van der Waals surface area contributed by atoms with Crippen molar-refractivity contribution in [3.8, 4) is 0 Å².